The van der Waals surface area contributed by atoms with Crippen LogP contribution in [0, 0.1) is 20.8 Å². The number of hydrogen-bond donors (Lipinski definition) is 1. The maximum atomic E-state index is 5.89. The second kappa shape index (κ2) is 7.97. The molecule has 1 aliphatic heterocycles. The van der Waals surface area contributed by atoms with Gasteiger partial charge in [0.1, 0.15) is 0 Å². The Morgan fingerprint density at radius 3 is 2.52 bits per heavy atom. The highest BCUT2D eigenvalue weighted by Crippen LogP contribution is 2.31. The summed E-state index contributed by atoms with van der Waals surface area (Å²) in [7, 11) is 2.06. The molecule has 0 unspecified atom stereocenters. The van der Waals surface area contributed by atoms with Gasteiger partial charge in [-0.1, -0.05) is 18.2 Å². The average molecular weight is 357 g/mol. The Bertz CT molecular complexity index is 987. The summed E-state index contributed by atoms with van der Waals surface area (Å²) in [6.45, 7) is 9.20. The van der Waals surface area contributed by atoms with Gasteiger partial charge in [0.2, 0.25) is 7.98 Å². The molecule has 3 nitrogen and oxygen atoms in total. The SMILES string of the molecule is Bn1cccc1/C(CCN)=C1N=C(/C=C/c2cc(C)c(C)cc2C)C=C\1C. The van der Waals surface area contributed by atoms with Gasteiger partial charge in [-0.3, -0.25) is 0 Å². The Morgan fingerprint density at radius 1 is 1.11 bits per heavy atom. The molecule has 138 valence electrons. The fraction of sp³-hybridized carbons (Fsp3) is 0.261. The molecule has 0 atom stereocenters. The van der Waals surface area contributed by atoms with E-state index in [9.17, 15) is 0 Å². The number of allylic oxidation sites excluding steroid dienone is 3. The highest BCUT2D eigenvalue weighted by molar-refractivity contribution is 6.11. The number of nitrogens with zero attached hydrogens (tertiary/aromatic N) is 2. The number of aliphatic imine (C=N–C) groups is 1. The first-order valence-corrected chi connectivity index (χ1v) is 9.49. The lowest BCUT2D eigenvalue weighted by atomic mass is 10.0. The fourth-order valence-electron chi connectivity index (χ4n) is 3.55. The smallest absolute Gasteiger partial charge is 0.223 e. The van der Waals surface area contributed by atoms with Gasteiger partial charge in [-0.2, -0.15) is 0 Å². The van der Waals surface area contributed by atoms with Crippen molar-refractivity contribution in [2.45, 2.75) is 34.1 Å². The van der Waals surface area contributed by atoms with Crippen LogP contribution in [0.15, 0.2) is 58.9 Å². The van der Waals surface area contributed by atoms with Crippen molar-refractivity contribution in [1.82, 2.24) is 4.48 Å². The highest BCUT2D eigenvalue weighted by Gasteiger charge is 2.17. The van der Waals surface area contributed by atoms with Gasteiger partial charge in [0.25, 0.3) is 0 Å². The molecule has 0 aliphatic carbocycles. The molecular weight excluding hydrogens is 329 g/mol. The van der Waals surface area contributed by atoms with E-state index >= 15 is 0 Å². The van der Waals surface area contributed by atoms with Crippen LogP contribution in [0.2, 0.25) is 0 Å². The maximum absolute atomic E-state index is 5.89. The van der Waals surface area contributed by atoms with Crippen LogP contribution >= 0.6 is 0 Å². The minimum Gasteiger partial charge on any atom is -0.399 e. The van der Waals surface area contributed by atoms with Gasteiger partial charge in [-0.25, -0.2) is 4.99 Å². The topological polar surface area (TPSA) is 43.3 Å². The van der Waals surface area contributed by atoms with E-state index in [0.717, 1.165) is 17.8 Å². The van der Waals surface area contributed by atoms with Crippen LogP contribution in [-0.4, -0.2) is 24.7 Å². The molecule has 0 fully saturated rings. The molecule has 2 N–H and O–H groups in total. The third-order valence-electron chi connectivity index (χ3n) is 5.23. The second-order valence-corrected chi connectivity index (χ2v) is 7.36. The predicted molar refractivity (Wildman–Crippen MR) is 120 cm³/mol. The molecule has 0 radical (unpaired) electrons. The summed E-state index contributed by atoms with van der Waals surface area (Å²) < 4.78 is 2.13. The lowest BCUT2D eigenvalue weighted by molar-refractivity contribution is 0.997. The number of rotatable bonds is 5. The monoisotopic (exact) mass is 357 g/mol. The van der Waals surface area contributed by atoms with Crippen molar-refractivity contribution in [2.24, 2.45) is 10.7 Å². The minimum atomic E-state index is 0.611. The molecule has 3 rings (SSSR count). The largest absolute Gasteiger partial charge is 0.399 e. The van der Waals surface area contributed by atoms with Gasteiger partial charge in [0.05, 0.1) is 11.4 Å². The number of benzene rings is 1. The van der Waals surface area contributed by atoms with Crippen molar-refractivity contribution in [1.29, 1.82) is 0 Å². The van der Waals surface area contributed by atoms with Crippen molar-refractivity contribution in [3.8, 4) is 0 Å². The lowest BCUT2D eigenvalue weighted by Gasteiger charge is -2.11. The summed E-state index contributed by atoms with van der Waals surface area (Å²) >= 11 is 0. The van der Waals surface area contributed by atoms with Crippen molar-refractivity contribution < 1.29 is 0 Å². The van der Waals surface area contributed by atoms with E-state index < -0.39 is 0 Å². The third kappa shape index (κ3) is 4.06. The van der Waals surface area contributed by atoms with E-state index in [4.69, 9.17) is 10.7 Å². The number of hydrogen-bond acceptors (Lipinski definition) is 2. The maximum Gasteiger partial charge on any atom is 0.223 e. The predicted octanol–water partition coefficient (Wildman–Crippen LogP) is 3.98. The van der Waals surface area contributed by atoms with E-state index in [1.165, 1.54) is 39.1 Å². The van der Waals surface area contributed by atoms with Gasteiger partial charge >= 0.3 is 0 Å². The summed E-state index contributed by atoms with van der Waals surface area (Å²) in [5, 5.41) is 0. The molecule has 27 heavy (non-hydrogen) atoms. The second-order valence-electron chi connectivity index (χ2n) is 7.36. The van der Waals surface area contributed by atoms with Crippen LogP contribution in [-0.2, 0) is 0 Å². The molecule has 4 heteroatoms. The molecule has 0 bridgehead atoms. The Hall–Kier alpha value is -2.59. The first kappa shape index (κ1) is 19.2. The Balaban J connectivity index is 1.97. The molecule has 1 aromatic carbocycles. The molecule has 0 saturated carbocycles. The third-order valence-corrected chi connectivity index (χ3v) is 5.23. The normalized spacial score (nSPS) is 16.0. The van der Waals surface area contributed by atoms with E-state index in [2.05, 4.69) is 88.8 Å². The van der Waals surface area contributed by atoms with Gasteiger partial charge in [0, 0.05) is 11.3 Å². The molecule has 2 aromatic rings. The number of aryl methyl sites for hydroxylation is 3. The van der Waals surface area contributed by atoms with Crippen LogP contribution in [0.5, 0.6) is 0 Å². The van der Waals surface area contributed by atoms with Crippen LogP contribution < -0.4 is 5.73 Å². The van der Waals surface area contributed by atoms with Gasteiger partial charge in [-0.05, 0) is 99.0 Å². The van der Waals surface area contributed by atoms with Crippen LogP contribution in [0.1, 0.15) is 41.3 Å². The average Bonchev–Trinajstić information content (AvgIpc) is 3.20. The minimum absolute atomic E-state index is 0.611. The van der Waals surface area contributed by atoms with Crippen molar-refractivity contribution in [3.63, 3.8) is 0 Å². The van der Waals surface area contributed by atoms with Gasteiger partial charge in [-0.15, -0.1) is 0 Å². The zero-order valence-corrected chi connectivity index (χ0v) is 17.0. The lowest BCUT2D eigenvalue weighted by Crippen LogP contribution is -2.05. The van der Waals surface area contributed by atoms with Crippen molar-refractivity contribution in [3.05, 3.63) is 81.8 Å². The first-order valence-electron chi connectivity index (χ1n) is 9.49. The fourth-order valence-corrected chi connectivity index (χ4v) is 3.55. The summed E-state index contributed by atoms with van der Waals surface area (Å²) in [4.78, 5) is 4.92. The van der Waals surface area contributed by atoms with E-state index in [-0.39, 0.29) is 0 Å². The summed E-state index contributed by atoms with van der Waals surface area (Å²) in [6, 6.07) is 8.68. The quantitative estimate of drug-likeness (QED) is 0.808. The van der Waals surface area contributed by atoms with Gasteiger partial charge < -0.3 is 10.2 Å². The summed E-state index contributed by atoms with van der Waals surface area (Å²) in [5.74, 6) is 0. The first-order chi connectivity index (χ1) is 12.9. The summed E-state index contributed by atoms with van der Waals surface area (Å²) in [6.07, 6.45) is 9.31. The van der Waals surface area contributed by atoms with Crippen LogP contribution in [0.3, 0.4) is 0 Å². The molecule has 1 aliphatic rings. The summed E-state index contributed by atoms with van der Waals surface area (Å²) in [5.41, 5.74) is 16.7. The molecule has 0 spiro atoms. The number of aromatic nitrogens is 1. The molecule has 0 amide bonds. The zero-order valence-electron chi connectivity index (χ0n) is 17.0. The van der Waals surface area contributed by atoms with Crippen molar-refractivity contribution in [2.75, 3.05) is 6.54 Å². The van der Waals surface area contributed by atoms with E-state index in [0.29, 0.717) is 6.54 Å². The van der Waals surface area contributed by atoms with E-state index in [1.807, 2.05) is 0 Å². The van der Waals surface area contributed by atoms with Gasteiger partial charge in [0.15, 0.2) is 0 Å². The Kier molecular flexibility index (Phi) is 5.66. The van der Waals surface area contributed by atoms with Crippen molar-refractivity contribution >= 4 is 25.3 Å². The number of nitrogens with two attached hydrogens (primary N) is 1. The Morgan fingerprint density at radius 2 is 1.85 bits per heavy atom. The molecular formula is C23H28BN3. The van der Waals surface area contributed by atoms with Crippen LogP contribution in [0.4, 0.5) is 0 Å². The zero-order chi connectivity index (χ0) is 19.6. The molecule has 0 saturated heterocycles. The molecule has 2 heterocycles. The standard InChI is InChI=1S/C23H28BN3/c1-15-12-17(3)19(13-16(15)2)7-8-20-14-18(4)23(26-20)21(9-10-25)22-6-5-11-27(22)24/h5-8,11-14H,9-10,24-25H2,1-4H3/b8-7+,23-21-. The van der Waals surface area contributed by atoms with Crippen LogP contribution in [0.25, 0.3) is 11.6 Å². The molecule has 1 aromatic heterocycles. The Labute approximate surface area is 163 Å². The highest BCUT2D eigenvalue weighted by atomic mass is 14.9. The van der Waals surface area contributed by atoms with E-state index in [1.54, 1.807) is 0 Å².